The van der Waals surface area contributed by atoms with Crippen LogP contribution in [-0.4, -0.2) is 23.1 Å². The van der Waals surface area contributed by atoms with Crippen LogP contribution in [0.5, 0.6) is 0 Å². The van der Waals surface area contributed by atoms with Crippen molar-refractivity contribution >= 4 is 41.0 Å². The van der Waals surface area contributed by atoms with E-state index in [2.05, 4.69) is 5.32 Å². The normalized spacial score (nSPS) is 10.8. The van der Waals surface area contributed by atoms with Crippen molar-refractivity contribution in [1.82, 2.24) is 5.32 Å². The summed E-state index contributed by atoms with van der Waals surface area (Å²) in [5.74, 6) is 0.440. The van der Waals surface area contributed by atoms with Crippen LogP contribution in [0.1, 0.15) is 11.1 Å². The lowest BCUT2D eigenvalue weighted by Crippen LogP contribution is -2.23. The molecule has 5 nitrogen and oxygen atoms in total. The highest BCUT2D eigenvalue weighted by atomic mass is 35.5. The second-order valence-electron chi connectivity index (χ2n) is 5.23. The first-order chi connectivity index (χ1) is 12.5. The molecule has 0 aromatic heterocycles. The van der Waals surface area contributed by atoms with Crippen molar-refractivity contribution in [3.63, 3.8) is 0 Å². The summed E-state index contributed by atoms with van der Waals surface area (Å²) in [4.78, 5) is 21.8. The third kappa shape index (κ3) is 6.16. The lowest BCUT2D eigenvalue weighted by Gasteiger charge is -2.06. The molecule has 1 amide bonds. The molecular formula is C18H16ClFN2O3S. The molecule has 8 heteroatoms. The van der Waals surface area contributed by atoms with Crippen LogP contribution in [0.25, 0.3) is 6.08 Å². The van der Waals surface area contributed by atoms with E-state index in [4.69, 9.17) is 11.6 Å². The third-order valence-corrected chi connectivity index (χ3v) is 4.72. The highest BCUT2D eigenvalue weighted by Crippen LogP contribution is 2.23. The smallest absolute Gasteiger partial charge is 0.269 e. The van der Waals surface area contributed by atoms with E-state index in [9.17, 15) is 19.3 Å². The van der Waals surface area contributed by atoms with Gasteiger partial charge in [-0.1, -0.05) is 17.7 Å². The van der Waals surface area contributed by atoms with Gasteiger partial charge in [0.1, 0.15) is 5.82 Å². The molecule has 0 unspecified atom stereocenters. The van der Waals surface area contributed by atoms with Crippen LogP contribution in [-0.2, 0) is 10.5 Å². The summed E-state index contributed by atoms with van der Waals surface area (Å²) in [6, 6.07) is 10.5. The fourth-order valence-corrected chi connectivity index (χ4v) is 3.23. The topological polar surface area (TPSA) is 72.2 Å². The minimum absolute atomic E-state index is 0.00131. The maximum absolute atomic E-state index is 13.6. The molecular weight excluding hydrogens is 379 g/mol. The number of hydrogen-bond acceptors (Lipinski definition) is 4. The second-order valence-corrected chi connectivity index (χ2v) is 6.74. The molecule has 0 aliphatic carbocycles. The van der Waals surface area contributed by atoms with Crippen LogP contribution >= 0.6 is 23.4 Å². The van der Waals surface area contributed by atoms with Crippen LogP contribution in [0.2, 0.25) is 5.02 Å². The molecule has 0 aliphatic heterocycles. The monoisotopic (exact) mass is 394 g/mol. The average Bonchev–Trinajstić information content (AvgIpc) is 2.62. The molecule has 0 saturated carbocycles. The molecule has 0 heterocycles. The minimum atomic E-state index is -0.480. The largest absolute Gasteiger partial charge is 0.352 e. The Balaban J connectivity index is 1.71. The van der Waals surface area contributed by atoms with E-state index in [0.29, 0.717) is 34.2 Å². The van der Waals surface area contributed by atoms with Crippen molar-refractivity contribution in [2.24, 2.45) is 0 Å². The third-order valence-electron chi connectivity index (χ3n) is 3.38. The Bertz CT molecular complexity index is 792. The predicted molar refractivity (Wildman–Crippen MR) is 103 cm³/mol. The maximum Gasteiger partial charge on any atom is 0.269 e. The summed E-state index contributed by atoms with van der Waals surface area (Å²) < 4.78 is 13.6. The number of nitrogens with zero attached hydrogens (tertiary/aromatic N) is 1. The summed E-state index contributed by atoms with van der Waals surface area (Å²) >= 11 is 7.42. The fraction of sp³-hybridized carbons (Fsp3) is 0.167. The van der Waals surface area contributed by atoms with Gasteiger partial charge in [0.05, 0.1) is 4.92 Å². The summed E-state index contributed by atoms with van der Waals surface area (Å²) in [5, 5.41) is 13.7. The zero-order valence-corrected chi connectivity index (χ0v) is 15.2. The maximum atomic E-state index is 13.6. The number of carbonyl (C=O) groups is 1. The van der Waals surface area contributed by atoms with Crippen LogP contribution < -0.4 is 5.32 Å². The lowest BCUT2D eigenvalue weighted by molar-refractivity contribution is -0.384. The van der Waals surface area contributed by atoms with Crippen molar-refractivity contribution in [2.45, 2.75) is 5.75 Å². The molecule has 1 N–H and O–H groups in total. The van der Waals surface area contributed by atoms with Gasteiger partial charge in [-0.15, -0.1) is 0 Å². The standard InChI is InChI=1S/C18H16ClFN2O3S/c19-16-2-1-3-17(20)15(16)12-26-11-10-21-18(23)9-6-13-4-7-14(8-5-13)22(24)25/h1-9H,10-12H2,(H,21,23)/b9-6+. The van der Waals surface area contributed by atoms with Crippen molar-refractivity contribution in [1.29, 1.82) is 0 Å². The zero-order chi connectivity index (χ0) is 18.9. The molecule has 2 aromatic carbocycles. The van der Waals surface area contributed by atoms with Gasteiger partial charge in [-0.05, 0) is 35.9 Å². The number of halogens is 2. The summed E-state index contributed by atoms with van der Waals surface area (Å²) in [6.45, 7) is 0.431. The predicted octanol–water partition coefficient (Wildman–Crippen LogP) is 4.45. The van der Waals surface area contributed by atoms with E-state index < -0.39 is 4.92 Å². The zero-order valence-electron chi connectivity index (χ0n) is 13.7. The number of nitro benzene ring substituents is 1. The summed E-state index contributed by atoms with van der Waals surface area (Å²) in [5.41, 5.74) is 1.15. The Morgan fingerprint density at radius 2 is 2.00 bits per heavy atom. The molecule has 0 saturated heterocycles. The first-order valence-electron chi connectivity index (χ1n) is 7.68. The second kappa shape index (κ2) is 9.94. The van der Waals surface area contributed by atoms with Gasteiger partial charge in [0.25, 0.3) is 5.69 Å². The Hall–Kier alpha value is -2.38. The number of rotatable bonds is 8. The molecule has 2 rings (SSSR count). The van der Waals surface area contributed by atoms with Crippen LogP contribution in [0, 0.1) is 15.9 Å². The number of non-ortho nitro benzene ring substituents is 1. The minimum Gasteiger partial charge on any atom is -0.352 e. The van der Waals surface area contributed by atoms with Crippen LogP contribution in [0.15, 0.2) is 48.5 Å². The Morgan fingerprint density at radius 3 is 2.65 bits per heavy atom. The fourth-order valence-electron chi connectivity index (χ4n) is 2.03. The Labute approximate surface area is 159 Å². The van der Waals surface area contributed by atoms with Crippen molar-refractivity contribution < 1.29 is 14.1 Å². The van der Waals surface area contributed by atoms with Crippen LogP contribution in [0.4, 0.5) is 10.1 Å². The molecule has 0 atom stereocenters. The van der Waals surface area contributed by atoms with Crippen molar-refractivity contribution in [3.8, 4) is 0 Å². The number of thioether (sulfide) groups is 1. The van der Waals surface area contributed by atoms with E-state index in [1.807, 2.05) is 0 Å². The number of amides is 1. The number of nitro groups is 1. The van der Waals surface area contributed by atoms with E-state index in [1.165, 1.54) is 36.0 Å². The number of nitrogens with one attached hydrogen (secondary N) is 1. The van der Waals surface area contributed by atoms with Crippen molar-refractivity contribution in [3.05, 3.63) is 80.6 Å². The van der Waals surface area contributed by atoms with Gasteiger partial charge in [-0.25, -0.2) is 4.39 Å². The van der Waals surface area contributed by atoms with Gasteiger partial charge in [-0.3, -0.25) is 14.9 Å². The quantitative estimate of drug-likeness (QED) is 0.311. The molecule has 26 heavy (non-hydrogen) atoms. The summed E-state index contributed by atoms with van der Waals surface area (Å²) in [7, 11) is 0. The summed E-state index contributed by atoms with van der Waals surface area (Å²) in [6.07, 6.45) is 2.94. The van der Waals surface area contributed by atoms with Crippen molar-refractivity contribution in [2.75, 3.05) is 12.3 Å². The molecule has 2 aromatic rings. The van der Waals surface area contributed by atoms with E-state index >= 15 is 0 Å². The van der Waals surface area contributed by atoms with Crippen LogP contribution in [0.3, 0.4) is 0 Å². The molecule has 0 bridgehead atoms. The molecule has 0 spiro atoms. The highest BCUT2D eigenvalue weighted by molar-refractivity contribution is 7.98. The number of carbonyl (C=O) groups excluding carboxylic acids is 1. The average molecular weight is 395 g/mol. The Morgan fingerprint density at radius 1 is 1.27 bits per heavy atom. The molecule has 0 aliphatic rings. The number of benzene rings is 2. The van der Waals surface area contributed by atoms with E-state index in [-0.39, 0.29) is 17.4 Å². The van der Waals surface area contributed by atoms with Gasteiger partial charge in [0.15, 0.2) is 0 Å². The van der Waals surface area contributed by atoms with Gasteiger partial charge < -0.3 is 5.32 Å². The van der Waals surface area contributed by atoms with Gasteiger partial charge >= 0.3 is 0 Å². The molecule has 0 fully saturated rings. The Kier molecular flexibility index (Phi) is 7.62. The van der Waals surface area contributed by atoms with E-state index in [1.54, 1.807) is 30.3 Å². The number of hydrogen-bond donors (Lipinski definition) is 1. The first-order valence-corrected chi connectivity index (χ1v) is 9.21. The lowest BCUT2D eigenvalue weighted by atomic mass is 10.2. The van der Waals surface area contributed by atoms with Gasteiger partial charge in [0, 0.05) is 46.8 Å². The first kappa shape index (κ1) is 19.9. The SMILES string of the molecule is O=C(/C=C/c1ccc([N+](=O)[O-])cc1)NCCSCc1c(F)cccc1Cl. The van der Waals surface area contributed by atoms with E-state index in [0.717, 1.165) is 0 Å². The highest BCUT2D eigenvalue weighted by Gasteiger charge is 2.06. The van der Waals surface area contributed by atoms with Gasteiger partial charge in [-0.2, -0.15) is 11.8 Å². The molecule has 136 valence electrons. The molecule has 0 radical (unpaired) electrons. The van der Waals surface area contributed by atoms with Gasteiger partial charge in [0.2, 0.25) is 5.91 Å².